The summed E-state index contributed by atoms with van der Waals surface area (Å²) in [6.07, 6.45) is -2.16. The van der Waals surface area contributed by atoms with Gasteiger partial charge in [-0.1, -0.05) is 0 Å². The number of hydrogen-bond donors (Lipinski definition) is 0. The fraction of sp³-hybridized carbons (Fsp3) is 0.917. The van der Waals surface area contributed by atoms with Gasteiger partial charge in [0.1, 0.15) is 0 Å². The standard InChI is InChI=1S/C12H16F3IN2O/c13-12(14,15)8-3-7(4-8)11(19)18-9-1-2-10(18)6-17(16)5-9/h7-10H,1-6H2. The molecule has 2 bridgehead atoms. The van der Waals surface area contributed by atoms with Crippen LogP contribution in [0.2, 0.25) is 0 Å². The zero-order valence-corrected chi connectivity index (χ0v) is 12.5. The van der Waals surface area contributed by atoms with E-state index in [0.717, 1.165) is 25.9 Å². The monoisotopic (exact) mass is 388 g/mol. The molecule has 108 valence electrons. The Bertz CT molecular complexity index is 370. The number of carbonyl (C=O) groups excluding carboxylic acids is 1. The van der Waals surface area contributed by atoms with E-state index >= 15 is 0 Å². The Hall–Kier alpha value is -0.0500. The first-order valence-corrected chi connectivity index (χ1v) is 7.62. The molecule has 0 aromatic heterocycles. The first-order valence-electron chi connectivity index (χ1n) is 6.66. The molecular weight excluding hydrogens is 372 g/mol. The smallest absolute Gasteiger partial charge is 0.334 e. The molecule has 3 aliphatic rings. The normalized spacial score (nSPS) is 39.3. The molecule has 3 fully saturated rings. The lowest BCUT2D eigenvalue weighted by molar-refractivity contribution is -0.207. The van der Waals surface area contributed by atoms with E-state index in [-0.39, 0.29) is 30.8 Å². The zero-order valence-electron chi connectivity index (χ0n) is 10.4. The van der Waals surface area contributed by atoms with E-state index in [0.29, 0.717) is 0 Å². The Labute approximate surface area is 124 Å². The molecule has 1 saturated carbocycles. The van der Waals surface area contributed by atoms with Crippen molar-refractivity contribution in [2.75, 3.05) is 13.1 Å². The van der Waals surface area contributed by atoms with Gasteiger partial charge >= 0.3 is 6.18 Å². The van der Waals surface area contributed by atoms with Gasteiger partial charge in [0.05, 0.1) is 5.92 Å². The summed E-state index contributed by atoms with van der Waals surface area (Å²) in [5, 5.41) is 0. The Morgan fingerprint density at radius 2 is 1.63 bits per heavy atom. The fourth-order valence-electron chi connectivity index (χ4n) is 3.51. The molecule has 19 heavy (non-hydrogen) atoms. The number of hydrogen-bond acceptors (Lipinski definition) is 2. The lowest BCUT2D eigenvalue weighted by Gasteiger charge is -2.44. The topological polar surface area (TPSA) is 23.6 Å². The number of carbonyl (C=O) groups is 1. The average Bonchev–Trinajstić information content (AvgIpc) is 2.46. The summed E-state index contributed by atoms with van der Waals surface area (Å²) < 4.78 is 39.6. The molecule has 0 N–H and O–H groups in total. The van der Waals surface area contributed by atoms with E-state index in [1.165, 1.54) is 0 Å². The Morgan fingerprint density at radius 3 is 2.11 bits per heavy atom. The third kappa shape index (κ3) is 2.48. The van der Waals surface area contributed by atoms with Crippen LogP contribution in [-0.4, -0.2) is 45.3 Å². The highest BCUT2D eigenvalue weighted by Gasteiger charge is 2.53. The second kappa shape index (κ2) is 4.75. The molecule has 0 spiro atoms. The Balaban J connectivity index is 1.61. The fourth-order valence-corrected chi connectivity index (χ4v) is 4.42. The predicted octanol–water partition coefficient (Wildman–Crippen LogP) is 2.60. The molecule has 2 heterocycles. The predicted molar refractivity (Wildman–Crippen MR) is 71.5 cm³/mol. The van der Waals surface area contributed by atoms with Gasteiger partial charge in [-0.3, -0.25) is 4.79 Å². The van der Waals surface area contributed by atoms with Gasteiger partial charge < -0.3 is 4.90 Å². The van der Waals surface area contributed by atoms with Crippen LogP contribution in [0, 0.1) is 11.8 Å². The minimum absolute atomic E-state index is 0.00772. The van der Waals surface area contributed by atoms with Gasteiger partial charge in [-0.2, -0.15) is 13.2 Å². The van der Waals surface area contributed by atoms with E-state index in [2.05, 4.69) is 26.0 Å². The number of alkyl halides is 3. The van der Waals surface area contributed by atoms with Crippen molar-refractivity contribution in [2.45, 2.75) is 43.9 Å². The largest absolute Gasteiger partial charge is 0.391 e. The van der Waals surface area contributed by atoms with Gasteiger partial charge in [0.25, 0.3) is 0 Å². The molecule has 7 heteroatoms. The van der Waals surface area contributed by atoms with Gasteiger partial charge in [0, 0.05) is 54.0 Å². The molecular formula is C12H16F3IN2O. The lowest BCUT2D eigenvalue weighted by Crippen LogP contribution is -2.56. The minimum atomic E-state index is -4.13. The van der Waals surface area contributed by atoms with Crippen molar-refractivity contribution in [3.05, 3.63) is 0 Å². The van der Waals surface area contributed by atoms with Crippen molar-refractivity contribution < 1.29 is 18.0 Å². The zero-order chi connectivity index (χ0) is 13.8. The first kappa shape index (κ1) is 13.9. The van der Waals surface area contributed by atoms with Crippen molar-refractivity contribution in [3.63, 3.8) is 0 Å². The summed E-state index contributed by atoms with van der Waals surface area (Å²) in [6.45, 7) is 1.69. The summed E-state index contributed by atoms with van der Waals surface area (Å²) in [7, 11) is 0. The quantitative estimate of drug-likeness (QED) is 0.510. The van der Waals surface area contributed by atoms with Crippen LogP contribution < -0.4 is 0 Å². The van der Waals surface area contributed by atoms with Crippen LogP contribution >= 0.6 is 22.9 Å². The van der Waals surface area contributed by atoms with Crippen LogP contribution in [0.3, 0.4) is 0 Å². The highest BCUT2D eigenvalue weighted by Crippen LogP contribution is 2.46. The first-order chi connectivity index (χ1) is 8.86. The molecule has 0 aromatic carbocycles. The molecule has 3 rings (SSSR count). The number of fused-ring (bicyclic) bond motifs is 2. The molecule has 2 aliphatic heterocycles. The number of nitrogens with zero attached hydrogens (tertiary/aromatic N) is 2. The second-order valence-corrected chi connectivity index (χ2v) is 7.23. The van der Waals surface area contributed by atoms with Crippen LogP contribution in [0.25, 0.3) is 0 Å². The van der Waals surface area contributed by atoms with Crippen LogP contribution in [0.5, 0.6) is 0 Å². The number of halogens is 4. The molecule has 1 aliphatic carbocycles. The summed E-state index contributed by atoms with van der Waals surface area (Å²) >= 11 is 2.26. The Morgan fingerprint density at radius 1 is 1.11 bits per heavy atom. The van der Waals surface area contributed by atoms with Gasteiger partial charge in [-0.15, -0.1) is 0 Å². The van der Waals surface area contributed by atoms with Gasteiger partial charge in [-0.05, 0) is 25.7 Å². The van der Waals surface area contributed by atoms with Crippen LogP contribution in [0.15, 0.2) is 0 Å². The van der Waals surface area contributed by atoms with E-state index < -0.39 is 18.0 Å². The molecule has 3 nitrogen and oxygen atoms in total. The van der Waals surface area contributed by atoms with Gasteiger partial charge in [0.15, 0.2) is 0 Å². The third-order valence-corrected chi connectivity index (χ3v) is 5.43. The third-order valence-electron chi connectivity index (χ3n) is 4.64. The maximum Gasteiger partial charge on any atom is 0.391 e. The summed E-state index contributed by atoms with van der Waals surface area (Å²) in [4.78, 5) is 14.3. The highest BCUT2D eigenvalue weighted by molar-refractivity contribution is 14.1. The van der Waals surface area contributed by atoms with E-state index in [4.69, 9.17) is 0 Å². The summed E-state index contributed by atoms with van der Waals surface area (Å²) in [5.74, 6) is -1.68. The molecule has 1 amide bonds. The van der Waals surface area contributed by atoms with Crippen molar-refractivity contribution in [2.24, 2.45) is 11.8 Å². The van der Waals surface area contributed by atoms with Crippen molar-refractivity contribution in [1.82, 2.24) is 8.01 Å². The number of piperazine rings is 1. The molecule has 2 saturated heterocycles. The number of amides is 1. The molecule has 0 aromatic rings. The molecule has 0 radical (unpaired) electrons. The second-order valence-electron chi connectivity index (χ2n) is 5.87. The summed E-state index contributed by atoms with van der Waals surface area (Å²) in [5.41, 5.74) is 0. The number of rotatable bonds is 1. The van der Waals surface area contributed by atoms with Crippen LogP contribution in [-0.2, 0) is 4.79 Å². The average molecular weight is 388 g/mol. The van der Waals surface area contributed by atoms with E-state index in [1.54, 1.807) is 0 Å². The Kier molecular flexibility index (Phi) is 3.48. The van der Waals surface area contributed by atoms with Crippen molar-refractivity contribution in [1.29, 1.82) is 0 Å². The highest BCUT2D eigenvalue weighted by atomic mass is 127. The van der Waals surface area contributed by atoms with E-state index in [1.807, 2.05) is 4.90 Å². The van der Waals surface area contributed by atoms with E-state index in [9.17, 15) is 18.0 Å². The van der Waals surface area contributed by atoms with Crippen LogP contribution in [0.4, 0.5) is 13.2 Å². The van der Waals surface area contributed by atoms with Gasteiger partial charge in [-0.25, -0.2) is 3.11 Å². The SMILES string of the molecule is O=C(C1CC(C(F)(F)F)C1)N1C2CCC1CN(I)C2. The minimum Gasteiger partial charge on any atom is -0.334 e. The lowest BCUT2D eigenvalue weighted by atomic mass is 9.73. The maximum absolute atomic E-state index is 12.5. The maximum atomic E-state index is 12.5. The molecule has 2 unspecified atom stereocenters. The summed E-state index contributed by atoms with van der Waals surface area (Å²) in [6, 6.07) is 0.432. The van der Waals surface area contributed by atoms with Crippen molar-refractivity contribution in [3.8, 4) is 0 Å². The molecule has 2 atom stereocenters. The van der Waals surface area contributed by atoms with Crippen LogP contribution in [0.1, 0.15) is 25.7 Å². The van der Waals surface area contributed by atoms with Crippen molar-refractivity contribution >= 4 is 28.8 Å². The van der Waals surface area contributed by atoms with Gasteiger partial charge in [0.2, 0.25) is 5.91 Å².